The van der Waals surface area contributed by atoms with Crippen LogP contribution in [-0.4, -0.2) is 46.2 Å². The second-order valence-corrected chi connectivity index (χ2v) is 7.72. The monoisotopic (exact) mass is 374 g/mol. The standard InChI is InChI=1S/C16H18N6O3S/c23-26(24,15-9-18-22(11-15)14-4-8-25-12-14)20-16-3-7-21(19-16)10-13-1-5-17-6-2-13/h1-3,5-7,9,11,14H,4,8,10,12H2,(H,19,20). The molecule has 1 N–H and O–H groups in total. The molecule has 9 nitrogen and oxygen atoms in total. The van der Waals surface area contributed by atoms with Gasteiger partial charge < -0.3 is 4.74 Å². The number of sulfonamides is 1. The van der Waals surface area contributed by atoms with Crippen LogP contribution in [0, 0.1) is 0 Å². The minimum Gasteiger partial charge on any atom is -0.379 e. The molecule has 136 valence electrons. The molecule has 0 amide bonds. The van der Waals surface area contributed by atoms with Crippen molar-refractivity contribution in [1.29, 1.82) is 0 Å². The maximum Gasteiger partial charge on any atom is 0.266 e. The van der Waals surface area contributed by atoms with Crippen molar-refractivity contribution in [1.82, 2.24) is 24.5 Å². The Balaban J connectivity index is 1.46. The minimum absolute atomic E-state index is 0.0820. The van der Waals surface area contributed by atoms with Crippen molar-refractivity contribution in [3.63, 3.8) is 0 Å². The highest BCUT2D eigenvalue weighted by molar-refractivity contribution is 7.92. The van der Waals surface area contributed by atoms with E-state index >= 15 is 0 Å². The zero-order valence-electron chi connectivity index (χ0n) is 13.9. The maximum absolute atomic E-state index is 12.5. The largest absolute Gasteiger partial charge is 0.379 e. The summed E-state index contributed by atoms with van der Waals surface area (Å²) in [6.45, 7) is 1.75. The summed E-state index contributed by atoms with van der Waals surface area (Å²) in [5.74, 6) is 0.260. The van der Waals surface area contributed by atoms with E-state index in [4.69, 9.17) is 4.74 Å². The van der Waals surface area contributed by atoms with E-state index in [1.165, 1.54) is 12.4 Å². The molecule has 26 heavy (non-hydrogen) atoms. The molecule has 4 rings (SSSR count). The fourth-order valence-corrected chi connectivity index (χ4v) is 3.70. The Labute approximate surface area is 150 Å². The van der Waals surface area contributed by atoms with Gasteiger partial charge in [0.2, 0.25) is 0 Å². The molecule has 1 atom stereocenters. The second-order valence-electron chi connectivity index (χ2n) is 6.03. The number of rotatable bonds is 6. The molecule has 0 radical (unpaired) electrons. The van der Waals surface area contributed by atoms with Crippen LogP contribution in [-0.2, 0) is 21.3 Å². The molecule has 0 bridgehead atoms. The van der Waals surface area contributed by atoms with E-state index in [9.17, 15) is 8.42 Å². The number of ether oxygens (including phenoxy) is 1. The van der Waals surface area contributed by atoms with Gasteiger partial charge in [0.15, 0.2) is 5.82 Å². The van der Waals surface area contributed by atoms with Gasteiger partial charge in [-0.1, -0.05) is 0 Å². The van der Waals surface area contributed by atoms with Crippen LogP contribution in [0.3, 0.4) is 0 Å². The van der Waals surface area contributed by atoms with E-state index in [1.54, 1.807) is 34.0 Å². The third kappa shape index (κ3) is 3.60. The third-order valence-electron chi connectivity index (χ3n) is 4.14. The molecule has 0 aliphatic carbocycles. The Morgan fingerprint density at radius 3 is 2.88 bits per heavy atom. The van der Waals surface area contributed by atoms with Gasteiger partial charge in [0.25, 0.3) is 10.0 Å². The highest BCUT2D eigenvalue weighted by Crippen LogP contribution is 2.20. The fraction of sp³-hybridized carbons (Fsp3) is 0.312. The summed E-state index contributed by atoms with van der Waals surface area (Å²) in [4.78, 5) is 4.07. The first kappa shape index (κ1) is 16.7. The molecule has 3 aromatic heterocycles. The maximum atomic E-state index is 12.5. The van der Waals surface area contributed by atoms with Crippen LogP contribution in [0.4, 0.5) is 5.82 Å². The molecule has 1 saturated heterocycles. The number of anilines is 1. The molecule has 1 aliphatic heterocycles. The van der Waals surface area contributed by atoms with Gasteiger partial charge in [-0.05, 0) is 24.1 Å². The molecule has 0 aromatic carbocycles. The van der Waals surface area contributed by atoms with Crippen molar-refractivity contribution < 1.29 is 13.2 Å². The van der Waals surface area contributed by atoms with E-state index in [2.05, 4.69) is 19.9 Å². The van der Waals surface area contributed by atoms with Crippen LogP contribution in [0.25, 0.3) is 0 Å². The SMILES string of the molecule is O=S(=O)(Nc1ccn(Cc2ccncc2)n1)c1cnn(C2CCOC2)c1. The van der Waals surface area contributed by atoms with Gasteiger partial charge in [-0.25, -0.2) is 8.42 Å². The van der Waals surface area contributed by atoms with E-state index < -0.39 is 10.0 Å². The number of nitrogens with one attached hydrogen (secondary N) is 1. The van der Waals surface area contributed by atoms with Crippen LogP contribution in [0.15, 0.2) is 54.1 Å². The quantitative estimate of drug-likeness (QED) is 0.697. The first-order valence-electron chi connectivity index (χ1n) is 8.17. The Morgan fingerprint density at radius 1 is 1.27 bits per heavy atom. The first-order chi connectivity index (χ1) is 12.6. The number of hydrogen-bond acceptors (Lipinski definition) is 6. The Kier molecular flexibility index (Phi) is 4.43. The number of hydrogen-bond donors (Lipinski definition) is 1. The average Bonchev–Trinajstić information content (AvgIpc) is 3.37. The zero-order valence-corrected chi connectivity index (χ0v) is 14.7. The van der Waals surface area contributed by atoms with Gasteiger partial charge >= 0.3 is 0 Å². The molecule has 10 heteroatoms. The van der Waals surface area contributed by atoms with Gasteiger partial charge in [0.05, 0.1) is 25.4 Å². The van der Waals surface area contributed by atoms with E-state index in [1.807, 2.05) is 12.1 Å². The van der Waals surface area contributed by atoms with Gasteiger partial charge in [-0.2, -0.15) is 10.2 Å². The van der Waals surface area contributed by atoms with Gasteiger partial charge in [0, 0.05) is 37.5 Å². The molecule has 0 spiro atoms. The predicted molar refractivity (Wildman–Crippen MR) is 93.1 cm³/mol. The second kappa shape index (κ2) is 6.89. The Morgan fingerprint density at radius 2 is 2.12 bits per heavy atom. The smallest absolute Gasteiger partial charge is 0.266 e. The zero-order chi connectivity index (χ0) is 18.0. The summed E-state index contributed by atoms with van der Waals surface area (Å²) in [6, 6.07) is 5.46. The summed E-state index contributed by atoms with van der Waals surface area (Å²) in [7, 11) is -3.74. The number of aromatic nitrogens is 5. The molecule has 1 aliphatic rings. The first-order valence-corrected chi connectivity index (χ1v) is 9.65. The molecule has 4 heterocycles. The lowest BCUT2D eigenvalue weighted by atomic mass is 10.3. The van der Waals surface area contributed by atoms with Crippen LogP contribution in [0.1, 0.15) is 18.0 Å². The van der Waals surface area contributed by atoms with E-state index in [0.717, 1.165) is 12.0 Å². The van der Waals surface area contributed by atoms with Crippen LogP contribution >= 0.6 is 0 Å². The molecular formula is C16H18N6O3S. The van der Waals surface area contributed by atoms with Crippen molar-refractivity contribution in [2.75, 3.05) is 17.9 Å². The van der Waals surface area contributed by atoms with Crippen molar-refractivity contribution in [3.8, 4) is 0 Å². The highest BCUT2D eigenvalue weighted by atomic mass is 32.2. The Hall–Kier alpha value is -2.72. The topological polar surface area (TPSA) is 104 Å². The van der Waals surface area contributed by atoms with Crippen LogP contribution < -0.4 is 4.72 Å². The molecular weight excluding hydrogens is 356 g/mol. The minimum atomic E-state index is -3.74. The lowest BCUT2D eigenvalue weighted by Crippen LogP contribution is -2.14. The van der Waals surface area contributed by atoms with Crippen LogP contribution in [0.2, 0.25) is 0 Å². The summed E-state index contributed by atoms with van der Waals surface area (Å²) < 4.78 is 36.2. The summed E-state index contributed by atoms with van der Waals surface area (Å²) in [5.41, 5.74) is 1.03. The van der Waals surface area contributed by atoms with Crippen LogP contribution in [0.5, 0.6) is 0 Å². The van der Waals surface area contributed by atoms with Crippen molar-refractivity contribution >= 4 is 15.8 Å². The summed E-state index contributed by atoms with van der Waals surface area (Å²) in [6.07, 6.45) is 8.82. The molecule has 0 saturated carbocycles. The highest BCUT2D eigenvalue weighted by Gasteiger charge is 2.22. The van der Waals surface area contributed by atoms with Crippen molar-refractivity contribution in [2.45, 2.75) is 23.9 Å². The van der Waals surface area contributed by atoms with E-state index in [0.29, 0.717) is 19.8 Å². The van der Waals surface area contributed by atoms with Crippen molar-refractivity contribution in [2.24, 2.45) is 0 Å². The molecule has 3 aromatic rings. The van der Waals surface area contributed by atoms with E-state index in [-0.39, 0.29) is 16.8 Å². The lowest BCUT2D eigenvalue weighted by Gasteiger charge is -2.07. The Bertz CT molecular complexity index is 976. The molecule has 1 unspecified atom stereocenters. The van der Waals surface area contributed by atoms with Gasteiger partial charge in [-0.15, -0.1) is 0 Å². The summed E-state index contributed by atoms with van der Waals surface area (Å²) >= 11 is 0. The summed E-state index contributed by atoms with van der Waals surface area (Å²) in [5, 5.41) is 8.41. The number of pyridine rings is 1. The lowest BCUT2D eigenvalue weighted by molar-refractivity contribution is 0.184. The predicted octanol–water partition coefficient (Wildman–Crippen LogP) is 1.29. The molecule has 1 fully saturated rings. The fourth-order valence-electron chi connectivity index (χ4n) is 2.77. The van der Waals surface area contributed by atoms with Crippen molar-refractivity contribution in [3.05, 3.63) is 54.7 Å². The van der Waals surface area contributed by atoms with Gasteiger partial charge in [-0.3, -0.25) is 19.1 Å². The third-order valence-corrected chi connectivity index (χ3v) is 5.45. The average molecular weight is 374 g/mol. The normalized spacial score (nSPS) is 17.5. The van der Waals surface area contributed by atoms with Gasteiger partial charge in [0.1, 0.15) is 4.90 Å². The number of nitrogens with zero attached hydrogens (tertiary/aromatic N) is 5.